The maximum Gasteiger partial charge on any atom is 0.137 e. The van der Waals surface area contributed by atoms with E-state index in [-0.39, 0.29) is 12.1 Å². The monoisotopic (exact) mass is 404 g/mol. The van der Waals surface area contributed by atoms with Crippen molar-refractivity contribution in [2.75, 3.05) is 17.2 Å². The van der Waals surface area contributed by atoms with Crippen LogP contribution in [-0.2, 0) is 0 Å². The fraction of sp³-hybridized carbons (Fsp3) is 0.391. The van der Waals surface area contributed by atoms with E-state index in [1.165, 1.54) is 0 Å². The van der Waals surface area contributed by atoms with Gasteiger partial charge >= 0.3 is 0 Å². The van der Waals surface area contributed by atoms with E-state index in [9.17, 15) is 5.26 Å². The van der Waals surface area contributed by atoms with Gasteiger partial charge < -0.3 is 21.1 Å². The number of aromatic nitrogens is 2. The molecule has 3 aromatic rings. The first-order valence-corrected chi connectivity index (χ1v) is 10.5. The number of hydrogen-bond acceptors (Lipinski definition) is 6. The molecule has 1 aliphatic rings. The molecule has 2 aromatic heterocycles. The lowest BCUT2D eigenvalue weighted by Crippen LogP contribution is -2.43. The van der Waals surface area contributed by atoms with Crippen molar-refractivity contribution in [1.82, 2.24) is 9.61 Å². The SMILES string of the molecule is CCOc1ccc(Nc2c(C)c(N[C@H]3CCCC[C@@H]3N)c(C#N)c3ccnn23)cc1. The topological polar surface area (TPSA) is 100 Å². The highest BCUT2D eigenvalue weighted by atomic mass is 16.5. The Bertz CT molecular complexity index is 1070. The molecule has 0 unspecified atom stereocenters. The molecular weight excluding hydrogens is 376 g/mol. The smallest absolute Gasteiger partial charge is 0.137 e. The predicted molar refractivity (Wildman–Crippen MR) is 119 cm³/mol. The van der Waals surface area contributed by atoms with Crippen molar-refractivity contribution >= 4 is 22.7 Å². The van der Waals surface area contributed by atoms with Crippen LogP contribution in [-0.4, -0.2) is 28.3 Å². The molecule has 30 heavy (non-hydrogen) atoms. The van der Waals surface area contributed by atoms with Gasteiger partial charge in [-0.15, -0.1) is 0 Å². The van der Waals surface area contributed by atoms with Gasteiger partial charge in [-0.2, -0.15) is 10.4 Å². The molecule has 0 spiro atoms. The zero-order chi connectivity index (χ0) is 21.1. The van der Waals surface area contributed by atoms with E-state index in [4.69, 9.17) is 10.5 Å². The van der Waals surface area contributed by atoms with Gasteiger partial charge in [-0.25, -0.2) is 4.52 Å². The van der Waals surface area contributed by atoms with Crippen LogP contribution in [0.3, 0.4) is 0 Å². The summed E-state index contributed by atoms with van der Waals surface area (Å²) in [5.41, 5.74) is 10.4. The number of ether oxygens (including phenoxy) is 1. The quantitative estimate of drug-likeness (QED) is 0.565. The zero-order valence-electron chi connectivity index (χ0n) is 17.5. The van der Waals surface area contributed by atoms with Gasteiger partial charge in [0.05, 0.1) is 24.0 Å². The van der Waals surface area contributed by atoms with Crippen molar-refractivity contribution < 1.29 is 4.74 Å². The van der Waals surface area contributed by atoms with Crippen LogP contribution >= 0.6 is 0 Å². The molecule has 0 amide bonds. The number of nitrogens with one attached hydrogen (secondary N) is 2. The summed E-state index contributed by atoms with van der Waals surface area (Å²) < 4.78 is 7.32. The van der Waals surface area contributed by atoms with Gasteiger partial charge in [0.15, 0.2) is 0 Å². The van der Waals surface area contributed by atoms with Crippen LogP contribution in [0.15, 0.2) is 36.5 Å². The van der Waals surface area contributed by atoms with Crippen LogP contribution in [0, 0.1) is 18.3 Å². The van der Waals surface area contributed by atoms with Gasteiger partial charge in [-0.3, -0.25) is 0 Å². The van der Waals surface area contributed by atoms with E-state index >= 15 is 0 Å². The van der Waals surface area contributed by atoms with Crippen LogP contribution in [0.25, 0.3) is 5.52 Å². The number of pyridine rings is 1. The second-order valence-corrected chi connectivity index (χ2v) is 7.75. The summed E-state index contributed by atoms with van der Waals surface area (Å²) in [5.74, 6) is 1.66. The van der Waals surface area contributed by atoms with Crippen molar-refractivity contribution in [3.63, 3.8) is 0 Å². The number of nitrogens with two attached hydrogens (primary N) is 1. The summed E-state index contributed by atoms with van der Waals surface area (Å²) in [6.45, 7) is 4.61. The largest absolute Gasteiger partial charge is 0.494 e. The molecule has 7 heteroatoms. The van der Waals surface area contributed by atoms with E-state index < -0.39 is 0 Å². The maximum atomic E-state index is 9.92. The highest BCUT2D eigenvalue weighted by Gasteiger charge is 2.25. The third-order valence-electron chi connectivity index (χ3n) is 5.78. The minimum Gasteiger partial charge on any atom is -0.494 e. The second kappa shape index (κ2) is 8.64. The molecule has 0 aliphatic heterocycles. The van der Waals surface area contributed by atoms with E-state index in [1.807, 2.05) is 44.2 Å². The normalized spacial score (nSPS) is 18.7. The van der Waals surface area contributed by atoms with Gasteiger partial charge in [0, 0.05) is 23.3 Å². The molecule has 1 aliphatic carbocycles. The lowest BCUT2D eigenvalue weighted by molar-refractivity contribution is 0.340. The third-order valence-corrected chi connectivity index (χ3v) is 5.78. The summed E-state index contributed by atoms with van der Waals surface area (Å²) in [5, 5.41) is 21.5. The Balaban J connectivity index is 1.74. The Labute approximate surface area is 176 Å². The first-order chi connectivity index (χ1) is 14.6. The molecule has 4 N–H and O–H groups in total. The lowest BCUT2D eigenvalue weighted by atomic mass is 9.90. The molecule has 0 radical (unpaired) electrons. The highest BCUT2D eigenvalue weighted by Crippen LogP contribution is 2.34. The first kappa shape index (κ1) is 20.0. The number of benzene rings is 1. The van der Waals surface area contributed by atoms with Crippen LogP contribution in [0.2, 0.25) is 0 Å². The third kappa shape index (κ3) is 3.79. The van der Waals surface area contributed by atoms with Crippen LogP contribution in [0.4, 0.5) is 17.2 Å². The molecular formula is C23H28N6O. The van der Waals surface area contributed by atoms with Crippen molar-refractivity contribution in [2.45, 2.75) is 51.6 Å². The maximum absolute atomic E-state index is 9.92. The minimum absolute atomic E-state index is 0.0911. The minimum atomic E-state index is 0.0911. The molecule has 2 heterocycles. The fourth-order valence-corrected chi connectivity index (χ4v) is 4.17. The summed E-state index contributed by atoms with van der Waals surface area (Å²) in [4.78, 5) is 0. The lowest BCUT2D eigenvalue weighted by Gasteiger charge is -2.31. The van der Waals surface area contributed by atoms with Gasteiger partial charge in [-0.1, -0.05) is 12.8 Å². The van der Waals surface area contributed by atoms with E-state index in [0.717, 1.165) is 59.7 Å². The average Bonchev–Trinajstić information content (AvgIpc) is 3.23. The van der Waals surface area contributed by atoms with Crippen LogP contribution in [0.1, 0.15) is 43.7 Å². The molecule has 1 saturated carbocycles. The van der Waals surface area contributed by atoms with Crippen molar-refractivity contribution in [3.8, 4) is 11.8 Å². The fourth-order valence-electron chi connectivity index (χ4n) is 4.17. The van der Waals surface area contributed by atoms with E-state index in [0.29, 0.717) is 12.2 Å². The number of rotatable bonds is 6. The average molecular weight is 405 g/mol. The van der Waals surface area contributed by atoms with Crippen molar-refractivity contribution in [1.29, 1.82) is 5.26 Å². The molecule has 2 atom stereocenters. The Morgan fingerprint density at radius 1 is 1.23 bits per heavy atom. The molecule has 1 aromatic carbocycles. The van der Waals surface area contributed by atoms with Crippen molar-refractivity contribution in [2.24, 2.45) is 5.73 Å². The predicted octanol–water partition coefficient (Wildman–Crippen LogP) is 4.34. The molecule has 1 fully saturated rings. The Morgan fingerprint density at radius 3 is 2.70 bits per heavy atom. The van der Waals surface area contributed by atoms with Crippen LogP contribution in [0.5, 0.6) is 5.75 Å². The number of nitrogens with zero attached hydrogens (tertiary/aromatic N) is 3. The Hall–Kier alpha value is -3.24. The van der Waals surface area contributed by atoms with Gasteiger partial charge in [0.1, 0.15) is 23.2 Å². The van der Waals surface area contributed by atoms with E-state index in [1.54, 1.807) is 10.7 Å². The summed E-state index contributed by atoms with van der Waals surface area (Å²) in [6.07, 6.45) is 6.05. The summed E-state index contributed by atoms with van der Waals surface area (Å²) in [7, 11) is 0. The molecule has 7 nitrogen and oxygen atoms in total. The first-order valence-electron chi connectivity index (χ1n) is 10.5. The van der Waals surface area contributed by atoms with E-state index in [2.05, 4.69) is 21.8 Å². The van der Waals surface area contributed by atoms with Gasteiger partial charge in [-0.05, 0) is 57.0 Å². The van der Waals surface area contributed by atoms with Gasteiger partial charge in [0.2, 0.25) is 0 Å². The molecule has 4 rings (SSSR count). The standard InChI is InChI=1S/C23H28N6O/c1-3-30-17-10-8-16(9-11-17)27-23-15(2)22(28-20-7-5-4-6-19(20)25)18(14-24)21-12-13-26-29(21)23/h8-13,19-20,27-28H,3-7,25H2,1-2H3/t19-,20-/m0/s1. The number of fused-ring (bicyclic) bond motifs is 1. The Morgan fingerprint density at radius 2 is 2.00 bits per heavy atom. The molecule has 156 valence electrons. The zero-order valence-corrected chi connectivity index (χ0v) is 17.5. The number of nitriles is 1. The van der Waals surface area contributed by atoms with Crippen molar-refractivity contribution in [3.05, 3.63) is 47.7 Å². The number of anilines is 3. The number of hydrogen-bond donors (Lipinski definition) is 3. The van der Waals surface area contributed by atoms with Crippen LogP contribution < -0.4 is 21.1 Å². The summed E-state index contributed by atoms with van der Waals surface area (Å²) in [6, 6.07) is 12.3. The molecule has 0 saturated heterocycles. The molecule has 0 bridgehead atoms. The van der Waals surface area contributed by atoms with Gasteiger partial charge in [0.25, 0.3) is 0 Å². The summed E-state index contributed by atoms with van der Waals surface area (Å²) >= 11 is 0. The second-order valence-electron chi connectivity index (χ2n) is 7.75. The highest BCUT2D eigenvalue weighted by molar-refractivity contribution is 5.82. The Kier molecular flexibility index (Phi) is 5.77.